The summed E-state index contributed by atoms with van der Waals surface area (Å²) in [7, 11) is 0. The van der Waals surface area contributed by atoms with E-state index < -0.39 is 24.1 Å². The number of hydrogen-bond donors (Lipinski definition) is 3. The number of pyridine rings is 1. The molecular formula is C16H17FN2O4. The Morgan fingerprint density at radius 3 is 2.70 bits per heavy atom. The molecule has 23 heavy (non-hydrogen) atoms. The summed E-state index contributed by atoms with van der Waals surface area (Å²) in [5.74, 6) is -0.573. The molecule has 2 unspecified atom stereocenters. The highest BCUT2D eigenvalue weighted by Crippen LogP contribution is 2.14. The molecule has 1 aromatic heterocycles. The number of aliphatic hydroxyl groups is 2. The van der Waals surface area contributed by atoms with Crippen LogP contribution in [0.2, 0.25) is 0 Å². The van der Waals surface area contributed by atoms with Crippen LogP contribution in [0.25, 0.3) is 0 Å². The predicted molar refractivity (Wildman–Crippen MR) is 79.8 cm³/mol. The van der Waals surface area contributed by atoms with Crippen LogP contribution >= 0.6 is 0 Å². The monoisotopic (exact) mass is 320 g/mol. The number of rotatable bonds is 6. The number of nitrogens with zero attached hydrogens (tertiary/aromatic N) is 1. The average Bonchev–Trinajstić information content (AvgIpc) is 2.58. The van der Waals surface area contributed by atoms with Gasteiger partial charge in [-0.15, -0.1) is 0 Å². The number of carbonyl (C=O) groups excluding carboxylic acids is 1. The van der Waals surface area contributed by atoms with Gasteiger partial charge in [0.05, 0.1) is 5.69 Å². The SMILES string of the molecule is O=C(NCC(O)C(O)c1cc(F)ccn1)OCc1ccccc1. The van der Waals surface area contributed by atoms with Gasteiger partial charge in [0.2, 0.25) is 0 Å². The third-order valence-electron chi connectivity index (χ3n) is 3.08. The van der Waals surface area contributed by atoms with E-state index in [4.69, 9.17) is 4.74 Å². The number of hydrogen-bond acceptors (Lipinski definition) is 5. The summed E-state index contributed by atoms with van der Waals surface area (Å²) in [6, 6.07) is 11.2. The first kappa shape index (κ1) is 16.9. The number of amides is 1. The molecule has 7 heteroatoms. The van der Waals surface area contributed by atoms with Crippen molar-refractivity contribution in [2.75, 3.05) is 6.54 Å². The number of ether oxygens (including phenoxy) is 1. The predicted octanol–water partition coefficient (Wildman–Crippen LogP) is 1.54. The zero-order valence-corrected chi connectivity index (χ0v) is 12.2. The fourth-order valence-corrected chi connectivity index (χ4v) is 1.85. The highest BCUT2D eigenvalue weighted by molar-refractivity contribution is 5.67. The van der Waals surface area contributed by atoms with Crippen molar-refractivity contribution in [2.24, 2.45) is 0 Å². The minimum absolute atomic E-state index is 0.0167. The fourth-order valence-electron chi connectivity index (χ4n) is 1.85. The fraction of sp³-hybridized carbons (Fsp3) is 0.250. The maximum absolute atomic E-state index is 13.0. The van der Waals surface area contributed by atoms with E-state index in [1.807, 2.05) is 30.3 Å². The molecule has 1 heterocycles. The molecule has 0 spiro atoms. The van der Waals surface area contributed by atoms with Crippen molar-refractivity contribution < 1.29 is 24.1 Å². The molecule has 0 radical (unpaired) electrons. The lowest BCUT2D eigenvalue weighted by Crippen LogP contribution is -2.36. The lowest BCUT2D eigenvalue weighted by atomic mass is 10.1. The van der Waals surface area contributed by atoms with Gasteiger partial charge in [0.1, 0.15) is 24.6 Å². The van der Waals surface area contributed by atoms with Crippen LogP contribution in [0.1, 0.15) is 17.4 Å². The minimum Gasteiger partial charge on any atom is -0.445 e. The molecule has 6 nitrogen and oxygen atoms in total. The second-order valence-electron chi connectivity index (χ2n) is 4.85. The van der Waals surface area contributed by atoms with E-state index in [2.05, 4.69) is 10.3 Å². The quantitative estimate of drug-likeness (QED) is 0.751. The van der Waals surface area contributed by atoms with Crippen molar-refractivity contribution in [3.63, 3.8) is 0 Å². The van der Waals surface area contributed by atoms with Gasteiger partial charge in [0.25, 0.3) is 0 Å². The summed E-state index contributed by atoms with van der Waals surface area (Å²) < 4.78 is 18.0. The Morgan fingerprint density at radius 1 is 1.26 bits per heavy atom. The van der Waals surface area contributed by atoms with E-state index in [9.17, 15) is 19.4 Å². The number of aliphatic hydroxyl groups excluding tert-OH is 2. The second-order valence-corrected chi connectivity index (χ2v) is 4.85. The van der Waals surface area contributed by atoms with Gasteiger partial charge in [-0.1, -0.05) is 30.3 Å². The van der Waals surface area contributed by atoms with Crippen LogP contribution in [-0.4, -0.2) is 33.9 Å². The molecule has 0 saturated carbocycles. The van der Waals surface area contributed by atoms with Gasteiger partial charge < -0.3 is 20.3 Å². The third-order valence-corrected chi connectivity index (χ3v) is 3.08. The second kappa shape index (κ2) is 8.21. The summed E-state index contributed by atoms with van der Waals surface area (Å²) >= 11 is 0. The van der Waals surface area contributed by atoms with Crippen LogP contribution in [0, 0.1) is 5.82 Å². The van der Waals surface area contributed by atoms with E-state index >= 15 is 0 Å². The van der Waals surface area contributed by atoms with Crippen LogP contribution in [0.4, 0.5) is 9.18 Å². The highest BCUT2D eigenvalue weighted by atomic mass is 19.1. The first-order chi connectivity index (χ1) is 11.1. The van der Waals surface area contributed by atoms with Gasteiger partial charge in [-0.2, -0.15) is 0 Å². The van der Waals surface area contributed by atoms with E-state index in [0.29, 0.717) is 0 Å². The number of alkyl carbamates (subject to hydrolysis) is 1. The zero-order valence-electron chi connectivity index (χ0n) is 12.2. The Kier molecular flexibility index (Phi) is 6.02. The van der Waals surface area contributed by atoms with E-state index in [1.165, 1.54) is 6.20 Å². The number of aromatic nitrogens is 1. The van der Waals surface area contributed by atoms with Crippen molar-refractivity contribution in [1.29, 1.82) is 0 Å². The van der Waals surface area contributed by atoms with Crippen molar-refractivity contribution in [2.45, 2.75) is 18.8 Å². The largest absolute Gasteiger partial charge is 0.445 e. The standard InChI is InChI=1S/C16H17FN2O4/c17-12-6-7-18-13(8-12)15(21)14(20)9-19-16(22)23-10-11-4-2-1-3-5-11/h1-8,14-15,20-21H,9-10H2,(H,19,22). The average molecular weight is 320 g/mol. The molecule has 0 aliphatic rings. The molecule has 1 amide bonds. The van der Waals surface area contributed by atoms with E-state index in [1.54, 1.807) is 0 Å². The zero-order chi connectivity index (χ0) is 16.7. The summed E-state index contributed by atoms with van der Waals surface area (Å²) in [4.78, 5) is 15.3. The topological polar surface area (TPSA) is 91.7 Å². The first-order valence-electron chi connectivity index (χ1n) is 6.98. The van der Waals surface area contributed by atoms with Gasteiger partial charge in [-0.25, -0.2) is 9.18 Å². The van der Waals surface area contributed by atoms with Crippen LogP contribution in [0.15, 0.2) is 48.7 Å². The lowest BCUT2D eigenvalue weighted by Gasteiger charge is -2.17. The summed E-state index contributed by atoms with van der Waals surface area (Å²) in [6.45, 7) is -0.163. The summed E-state index contributed by atoms with van der Waals surface area (Å²) in [5, 5.41) is 22.0. The van der Waals surface area contributed by atoms with Crippen molar-refractivity contribution in [1.82, 2.24) is 10.3 Å². The smallest absolute Gasteiger partial charge is 0.407 e. The molecule has 0 aliphatic heterocycles. The summed E-state index contributed by atoms with van der Waals surface area (Å²) in [6.07, 6.45) is -2.30. The first-order valence-corrected chi connectivity index (χ1v) is 6.98. The van der Waals surface area contributed by atoms with Crippen LogP contribution in [0.3, 0.4) is 0 Å². The summed E-state index contributed by atoms with van der Waals surface area (Å²) in [5.41, 5.74) is 0.809. The van der Waals surface area contributed by atoms with Gasteiger partial charge in [0, 0.05) is 12.7 Å². The number of benzene rings is 1. The highest BCUT2D eigenvalue weighted by Gasteiger charge is 2.21. The maximum Gasteiger partial charge on any atom is 0.407 e. The molecule has 2 atom stereocenters. The third kappa shape index (κ3) is 5.32. The molecule has 2 rings (SSSR count). The molecule has 0 aliphatic carbocycles. The van der Waals surface area contributed by atoms with Crippen molar-refractivity contribution in [3.8, 4) is 0 Å². The number of nitrogens with one attached hydrogen (secondary N) is 1. The van der Waals surface area contributed by atoms with Gasteiger partial charge >= 0.3 is 6.09 Å². The Morgan fingerprint density at radius 2 is 2.00 bits per heavy atom. The normalized spacial score (nSPS) is 13.2. The number of carbonyl (C=O) groups is 1. The van der Waals surface area contributed by atoms with Crippen LogP contribution < -0.4 is 5.32 Å². The van der Waals surface area contributed by atoms with E-state index in [0.717, 1.165) is 17.7 Å². The van der Waals surface area contributed by atoms with Crippen molar-refractivity contribution >= 4 is 6.09 Å². The minimum atomic E-state index is -1.42. The molecule has 0 bridgehead atoms. The molecule has 0 saturated heterocycles. The van der Waals surface area contributed by atoms with Crippen LogP contribution in [0.5, 0.6) is 0 Å². The Bertz CT molecular complexity index is 639. The van der Waals surface area contributed by atoms with Crippen LogP contribution in [-0.2, 0) is 11.3 Å². The Labute approximate surface area is 132 Å². The molecule has 122 valence electrons. The van der Waals surface area contributed by atoms with Gasteiger partial charge in [-0.3, -0.25) is 4.98 Å². The van der Waals surface area contributed by atoms with Crippen molar-refractivity contribution in [3.05, 3.63) is 65.7 Å². The van der Waals surface area contributed by atoms with Gasteiger partial charge in [0.15, 0.2) is 0 Å². The Balaban J connectivity index is 1.77. The molecule has 2 aromatic rings. The van der Waals surface area contributed by atoms with Gasteiger partial charge in [-0.05, 0) is 17.7 Å². The molecule has 3 N–H and O–H groups in total. The lowest BCUT2D eigenvalue weighted by molar-refractivity contribution is 0.0157. The maximum atomic E-state index is 13.0. The number of halogens is 1. The molecule has 0 fully saturated rings. The molecular weight excluding hydrogens is 303 g/mol. The Hall–Kier alpha value is -2.51. The van der Waals surface area contributed by atoms with E-state index in [-0.39, 0.29) is 18.8 Å². The molecule has 1 aromatic carbocycles.